The van der Waals surface area contributed by atoms with Crippen LogP contribution in [0.4, 0.5) is 0 Å². The third-order valence-electron chi connectivity index (χ3n) is 0. The van der Waals surface area contributed by atoms with Gasteiger partial charge in [-0.3, -0.25) is 0 Å². The Morgan fingerprint density at radius 1 is 1.33 bits per heavy atom. The molecule has 0 aliphatic carbocycles. The van der Waals surface area contributed by atoms with Gasteiger partial charge in [0, 0.05) is 0 Å². The van der Waals surface area contributed by atoms with Crippen molar-refractivity contribution in [3.8, 4) is 0 Å². The Bertz CT molecular complexity index is 60.2. The van der Waals surface area contributed by atoms with Crippen LogP contribution in [0, 0.1) is 0 Å². The quantitative estimate of drug-likeness (QED) is 0.229. The van der Waals surface area contributed by atoms with Crippen molar-refractivity contribution in [3.63, 3.8) is 0 Å². The summed E-state index contributed by atoms with van der Waals surface area (Å²) < 4.78 is 8.88. The monoisotopic (exact) mass is 123 g/mol. The third-order valence-corrected chi connectivity index (χ3v) is 0. The van der Waals surface area contributed by atoms with Crippen LogP contribution < -0.4 is 29.6 Å². The Balaban J connectivity index is -0.0000000267. The molecular formula is H5NaO4P+3. The second-order valence-electron chi connectivity index (χ2n) is 0.513. The minimum atomic E-state index is -4.64. The summed E-state index contributed by atoms with van der Waals surface area (Å²) in [5.41, 5.74) is 0. The van der Waals surface area contributed by atoms with E-state index in [1.807, 2.05) is 0 Å². The maximum absolute atomic E-state index is 8.88. The van der Waals surface area contributed by atoms with Gasteiger partial charge >= 0.3 is 40.2 Å². The van der Waals surface area contributed by atoms with Gasteiger partial charge in [-0.2, -0.15) is 0 Å². The molecule has 3 N–H and O–H groups in total. The summed E-state index contributed by atoms with van der Waals surface area (Å²) in [6.07, 6.45) is 0. The molecule has 32 valence electrons. The Morgan fingerprint density at radius 2 is 1.33 bits per heavy atom. The first-order valence-corrected chi connectivity index (χ1v) is 2.35. The Kier molecular flexibility index (Phi) is 5.35. The summed E-state index contributed by atoms with van der Waals surface area (Å²) in [5, 5.41) is 0. The maximum atomic E-state index is 8.88. The summed E-state index contributed by atoms with van der Waals surface area (Å²) in [6.45, 7) is 0. The molecule has 0 aromatic rings. The molecule has 0 fully saturated rings. The van der Waals surface area contributed by atoms with Crippen LogP contribution in [0.2, 0.25) is 0 Å². The molecule has 4 nitrogen and oxygen atoms in total. The summed E-state index contributed by atoms with van der Waals surface area (Å²) in [6, 6.07) is 0. The van der Waals surface area contributed by atoms with Crippen molar-refractivity contribution in [2.75, 3.05) is 0 Å². The average molecular weight is 123 g/mol. The predicted octanol–water partition coefficient (Wildman–Crippen LogP) is -3.70. The molecular weight excluding hydrogens is 118 g/mol. The van der Waals surface area contributed by atoms with E-state index in [0.717, 1.165) is 0 Å². The van der Waals surface area contributed by atoms with Crippen LogP contribution in [0.25, 0.3) is 0 Å². The molecule has 0 aliphatic heterocycles. The fourth-order valence-electron chi connectivity index (χ4n) is 0. The zero-order chi connectivity index (χ0) is 4.50. The summed E-state index contributed by atoms with van der Waals surface area (Å²) in [7, 11) is -4.64. The van der Waals surface area contributed by atoms with E-state index in [4.69, 9.17) is 19.2 Å². The molecule has 0 amide bonds. The van der Waals surface area contributed by atoms with Gasteiger partial charge < -0.3 is 14.7 Å². The predicted molar refractivity (Wildman–Crippen MR) is 16.5 cm³/mol. The van der Waals surface area contributed by atoms with Gasteiger partial charge in [0.15, 0.2) is 0 Å². The Hall–Kier alpha value is 1.11. The van der Waals surface area contributed by atoms with Crippen LogP contribution >= 0.6 is 7.82 Å². The molecule has 0 spiro atoms. The van der Waals surface area contributed by atoms with Gasteiger partial charge in [0.05, 0.1) is 0 Å². The van der Waals surface area contributed by atoms with Crippen LogP contribution in [0.15, 0.2) is 0 Å². The van der Waals surface area contributed by atoms with Crippen LogP contribution in [0.1, 0.15) is 2.85 Å². The van der Waals surface area contributed by atoms with Crippen LogP contribution in [0.5, 0.6) is 0 Å². The molecule has 0 radical (unpaired) electrons. The first-order chi connectivity index (χ1) is 2.00. The number of rotatable bonds is 0. The average Bonchev–Trinajstić information content (AvgIpc) is 0.722. The van der Waals surface area contributed by atoms with E-state index < -0.39 is 7.82 Å². The van der Waals surface area contributed by atoms with E-state index in [2.05, 4.69) is 0 Å². The first-order valence-electron chi connectivity index (χ1n) is 0.783. The van der Waals surface area contributed by atoms with Crippen molar-refractivity contribution in [2.24, 2.45) is 0 Å². The molecule has 0 aromatic heterocycles. The van der Waals surface area contributed by atoms with Gasteiger partial charge in [0.1, 0.15) is 0 Å². The largest absolute Gasteiger partial charge is 1.00 e. The first kappa shape index (κ1) is 10.2. The van der Waals surface area contributed by atoms with Crippen molar-refractivity contribution >= 4 is 7.82 Å². The van der Waals surface area contributed by atoms with Gasteiger partial charge in [0.25, 0.3) is 0 Å². The molecule has 6 heteroatoms. The van der Waals surface area contributed by atoms with Crippen molar-refractivity contribution in [3.05, 3.63) is 0 Å². The Labute approximate surface area is 59.7 Å². The summed E-state index contributed by atoms with van der Waals surface area (Å²) in [5.74, 6) is 0. The Morgan fingerprint density at radius 3 is 1.33 bits per heavy atom. The van der Waals surface area contributed by atoms with Gasteiger partial charge in [0.2, 0.25) is 0 Å². The molecule has 0 saturated carbocycles. The molecule has 0 unspecified atom stereocenters. The van der Waals surface area contributed by atoms with Crippen molar-refractivity contribution in [1.82, 2.24) is 0 Å². The molecule has 0 rings (SSSR count). The fraction of sp³-hybridized carbons (Fsp3) is 0. The molecule has 0 aromatic carbocycles. The molecule has 0 aliphatic rings. The zero-order valence-corrected chi connectivity index (χ0v) is 6.09. The van der Waals surface area contributed by atoms with E-state index in [0.29, 0.717) is 0 Å². The smallest absolute Gasteiger partial charge is 0.303 e. The normalized spacial score (nSPS) is 9.83. The topological polar surface area (TPSA) is 77.8 Å². The van der Waals surface area contributed by atoms with E-state index in [1.165, 1.54) is 0 Å². The second-order valence-corrected chi connectivity index (χ2v) is 1.54. The minimum absolute atomic E-state index is 0. The van der Waals surface area contributed by atoms with E-state index in [9.17, 15) is 0 Å². The van der Waals surface area contributed by atoms with Gasteiger partial charge in [-0.1, -0.05) is 0 Å². The van der Waals surface area contributed by atoms with Crippen LogP contribution in [-0.2, 0) is 4.57 Å². The maximum Gasteiger partial charge on any atom is 1.00 e. The second kappa shape index (κ2) is 3.16. The van der Waals surface area contributed by atoms with E-state index >= 15 is 0 Å². The standard InChI is InChI=1S/Na.H3O4P/c;1-5(2,3)4/h;(H3,1,2,3,4)/q+1;/p+2. The zero-order valence-electron chi connectivity index (χ0n) is 5.20. The number of phosphoric acid groups is 1. The number of hydrogen-bond donors (Lipinski definition) is 3. The fourth-order valence-corrected chi connectivity index (χ4v) is 0. The van der Waals surface area contributed by atoms with Gasteiger partial charge in [-0.05, 0) is 0 Å². The third kappa shape index (κ3) is 70.1. The van der Waals surface area contributed by atoms with E-state index in [-0.39, 0.29) is 32.4 Å². The van der Waals surface area contributed by atoms with Crippen molar-refractivity contribution < 1.29 is 51.7 Å². The summed E-state index contributed by atoms with van der Waals surface area (Å²) in [4.78, 5) is 21.6. The molecule has 0 atom stereocenters. The summed E-state index contributed by atoms with van der Waals surface area (Å²) >= 11 is 0. The molecule has 6 heavy (non-hydrogen) atoms. The van der Waals surface area contributed by atoms with Gasteiger partial charge in [-0.25, -0.2) is 4.57 Å². The molecule has 0 heterocycles. The van der Waals surface area contributed by atoms with E-state index in [1.54, 1.807) is 0 Å². The van der Waals surface area contributed by atoms with Crippen LogP contribution in [-0.4, -0.2) is 14.7 Å². The number of hydrogen-bond acceptors (Lipinski definition) is 1. The van der Waals surface area contributed by atoms with Crippen molar-refractivity contribution in [1.29, 1.82) is 0 Å². The minimum Gasteiger partial charge on any atom is -0.303 e. The molecule has 0 saturated heterocycles. The van der Waals surface area contributed by atoms with Gasteiger partial charge in [-0.15, -0.1) is 0 Å². The van der Waals surface area contributed by atoms with Crippen LogP contribution in [0.3, 0.4) is 0 Å². The van der Waals surface area contributed by atoms with Crippen molar-refractivity contribution in [2.45, 2.75) is 0 Å². The molecule has 0 bridgehead atoms. The SMILES string of the molecule is O=P(O)(O)O.[H+].[H+].[Na+].